The van der Waals surface area contributed by atoms with Crippen molar-refractivity contribution in [3.8, 4) is 10.8 Å². The quantitative estimate of drug-likeness (QED) is 0.702. The van der Waals surface area contributed by atoms with E-state index < -0.39 is 0 Å². The number of aryl methyl sites for hydroxylation is 2. The van der Waals surface area contributed by atoms with E-state index >= 15 is 0 Å². The van der Waals surface area contributed by atoms with Gasteiger partial charge in [0, 0.05) is 6.54 Å². The van der Waals surface area contributed by atoms with E-state index in [1.165, 1.54) is 16.9 Å². The molecule has 7 heteroatoms. The second-order valence-corrected chi connectivity index (χ2v) is 7.47. The Morgan fingerprint density at radius 1 is 1.27 bits per heavy atom. The Kier molecular flexibility index (Phi) is 4.55. The fourth-order valence-electron chi connectivity index (χ4n) is 3.27. The molecule has 26 heavy (non-hydrogen) atoms. The van der Waals surface area contributed by atoms with Gasteiger partial charge in [0.05, 0.1) is 17.6 Å². The molecule has 1 unspecified atom stereocenters. The monoisotopic (exact) mass is 368 g/mol. The lowest BCUT2D eigenvalue weighted by molar-refractivity contribution is -0.131. The average molecular weight is 368 g/mol. The van der Waals surface area contributed by atoms with Crippen molar-refractivity contribution in [1.82, 2.24) is 20.1 Å². The summed E-state index contributed by atoms with van der Waals surface area (Å²) in [5, 5.41) is 8.38. The Balaban J connectivity index is 1.51. The summed E-state index contributed by atoms with van der Waals surface area (Å²) in [5.41, 5.74) is 4.86. The van der Waals surface area contributed by atoms with Crippen LogP contribution in [0.2, 0.25) is 0 Å². The number of carbonyl (C=O) groups excluding carboxylic acids is 1. The van der Waals surface area contributed by atoms with Crippen molar-refractivity contribution in [3.05, 3.63) is 52.5 Å². The number of hydrogen-bond acceptors (Lipinski definition) is 6. The van der Waals surface area contributed by atoms with Crippen LogP contribution in [0.4, 0.5) is 0 Å². The number of rotatable bonds is 4. The summed E-state index contributed by atoms with van der Waals surface area (Å²) in [6.45, 7) is 4.69. The van der Waals surface area contributed by atoms with Crippen LogP contribution in [0.3, 0.4) is 0 Å². The number of thiazole rings is 1. The zero-order valence-corrected chi connectivity index (χ0v) is 15.6. The number of carbonyl (C=O) groups is 1. The number of benzene rings is 1. The molecule has 3 aromatic rings. The lowest BCUT2D eigenvalue weighted by Gasteiger charge is -2.22. The largest absolute Gasteiger partial charge is 0.418 e. The van der Waals surface area contributed by atoms with Crippen molar-refractivity contribution in [1.29, 1.82) is 0 Å². The molecule has 1 fully saturated rings. The third-order valence-corrected chi connectivity index (χ3v) is 5.63. The fourth-order valence-corrected chi connectivity index (χ4v) is 4.00. The normalized spacial score (nSPS) is 17.0. The van der Waals surface area contributed by atoms with E-state index in [4.69, 9.17) is 4.42 Å². The minimum absolute atomic E-state index is 0.102. The number of likely N-dealkylation sites (tertiary alicyclic amines) is 1. The van der Waals surface area contributed by atoms with E-state index in [0.717, 1.165) is 35.5 Å². The zero-order valence-electron chi connectivity index (χ0n) is 14.8. The minimum atomic E-state index is -0.137. The van der Waals surface area contributed by atoms with Gasteiger partial charge in [0.15, 0.2) is 0 Å². The SMILES string of the molecule is Cc1ccc(CC(=O)N2CCCC2c2nnc(-c3scnc3C)o2)cc1. The first-order valence-corrected chi connectivity index (χ1v) is 9.58. The highest BCUT2D eigenvalue weighted by Crippen LogP contribution is 2.34. The highest BCUT2D eigenvalue weighted by atomic mass is 32.1. The standard InChI is InChI=1S/C19H20N4O2S/c1-12-5-7-14(8-6-12)10-16(24)23-9-3-4-15(23)18-21-22-19(25-18)17-13(2)20-11-26-17/h5-8,11,15H,3-4,9-10H2,1-2H3. The molecule has 2 aromatic heterocycles. The van der Waals surface area contributed by atoms with Crippen LogP contribution in [0.25, 0.3) is 10.8 Å². The van der Waals surface area contributed by atoms with Crippen LogP contribution in [0.5, 0.6) is 0 Å². The predicted molar refractivity (Wildman–Crippen MR) is 98.7 cm³/mol. The minimum Gasteiger partial charge on any atom is -0.418 e. The van der Waals surface area contributed by atoms with Gasteiger partial charge in [-0.2, -0.15) is 0 Å². The van der Waals surface area contributed by atoms with Crippen LogP contribution >= 0.6 is 11.3 Å². The van der Waals surface area contributed by atoms with Crippen LogP contribution in [0.1, 0.15) is 41.6 Å². The van der Waals surface area contributed by atoms with Gasteiger partial charge in [0.25, 0.3) is 5.89 Å². The van der Waals surface area contributed by atoms with Crippen molar-refractivity contribution in [2.45, 2.75) is 39.2 Å². The first-order chi connectivity index (χ1) is 12.6. The molecule has 6 nitrogen and oxygen atoms in total. The third-order valence-electron chi connectivity index (χ3n) is 4.71. The van der Waals surface area contributed by atoms with E-state index in [1.54, 1.807) is 5.51 Å². The molecular formula is C19H20N4O2S. The molecule has 1 aliphatic rings. The van der Waals surface area contributed by atoms with E-state index in [1.807, 2.05) is 43.0 Å². The molecule has 1 aliphatic heterocycles. The molecule has 1 atom stereocenters. The molecule has 134 valence electrons. The highest BCUT2D eigenvalue weighted by molar-refractivity contribution is 7.13. The van der Waals surface area contributed by atoms with E-state index in [9.17, 15) is 4.79 Å². The van der Waals surface area contributed by atoms with Gasteiger partial charge < -0.3 is 9.32 Å². The zero-order chi connectivity index (χ0) is 18.1. The number of nitrogens with zero attached hydrogens (tertiary/aromatic N) is 4. The summed E-state index contributed by atoms with van der Waals surface area (Å²) < 4.78 is 5.89. The van der Waals surface area contributed by atoms with Gasteiger partial charge in [-0.3, -0.25) is 4.79 Å². The number of hydrogen-bond donors (Lipinski definition) is 0. The molecular weight excluding hydrogens is 348 g/mol. The van der Waals surface area contributed by atoms with Crippen LogP contribution in [-0.4, -0.2) is 32.5 Å². The summed E-state index contributed by atoms with van der Waals surface area (Å²) in [6, 6.07) is 7.95. The van der Waals surface area contributed by atoms with Crippen LogP contribution in [-0.2, 0) is 11.2 Å². The summed E-state index contributed by atoms with van der Waals surface area (Å²) in [5.74, 6) is 1.10. The lowest BCUT2D eigenvalue weighted by Crippen LogP contribution is -2.32. The third kappa shape index (κ3) is 3.26. The molecule has 0 aliphatic carbocycles. The van der Waals surface area contributed by atoms with Gasteiger partial charge in [-0.15, -0.1) is 21.5 Å². The Hall–Kier alpha value is -2.54. The molecule has 0 bridgehead atoms. The van der Waals surface area contributed by atoms with Crippen molar-refractivity contribution < 1.29 is 9.21 Å². The van der Waals surface area contributed by atoms with Crippen molar-refractivity contribution in [2.75, 3.05) is 6.54 Å². The summed E-state index contributed by atoms with van der Waals surface area (Å²) in [7, 11) is 0. The van der Waals surface area contributed by atoms with Gasteiger partial charge in [-0.25, -0.2) is 4.98 Å². The molecule has 1 saturated heterocycles. The summed E-state index contributed by atoms with van der Waals surface area (Å²) in [4.78, 5) is 19.8. The Morgan fingerprint density at radius 2 is 2.08 bits per heavy atom. The smallest absolute Gasteiger partial charge is 0.259 e. The second kappa shape index (κ2) is 6.99. The molecule has 3 heterocycles. The van der Waals surface area contributed by atoms with Gasteiger partial charge in [0.2, 0.25) is 11.8 Å². The molecule has 1 aromatic carbocycles. The van der Waals surface area contributed by atoms with Crippen molar-refractivity contribution in [2.24, 2.45) is 0 Å². The van der Waals surface area contributed by atoms with E-state index in [2.05, 4.69) is 15.2 Å². The topological polar surface area (TPSA) is 72.1 Å². The Morgan fingerprint density at radius 3 is 2.81 bits per heavy atom. The highest BCUT2D eigenvalue weighted by Gasteiger charge is 2.34. The Bertz CT molecular complexity index is 916. The average Bonchev–Trinajstić information content (AvgIpc) is 3.35. The summed E-state index contributed by atoms with van der Waals surface area (Å²) in [6.07, 6.45) is 2.19. The number of aromatic nitrogens is 3. The maximum absolute atomic E-state index is 12.8. The summed E-state index contributed by atoms with van der Waals surface area (Å²) >= 11 is 1.48. The molecule has 0 saturated carbocycles. The van der Waals surface area contributed by atoms with Crippen LogP contribution in [0, 0.1) is 13.8 Å². The molecule has 0 N–H and O–H groups in total. The van der Waals surface area contributed by atoms with Crippen LogP contribution < -0.4 is 0 Å². The maximum atomic E-state index is 12.8. The Labute approximate surface area is 155 Å². The van der Waals surface area contributed by atoms with Crippen molar-refractivity contribution in [3.63, 3.8) is 0 Å². The van der Waals surface area contributed by atoms with Crippen molar-refractivity contribution >= 4 is 17.2 Å². The van der Waals surface area contributed by atoms with E-state index in [-0.39, 0.29) is 11.9 Å². The molecule has 0 radical (unpaired) electrons. The predicted octanol–water partition coefficient (Wildman–Crippen LogP) is 3.72. The molecule has 1 amide bonds. The molecule has 4 rings (SSSR count). The number of amides is 1. The maximum Gasteiger partial charge on any atom is 0.259 e. The molecule has 0 spiro atoms. The second-order valence-electron chi connectivity index (χ2n) is 6.62. The van der Waals surface area contributed by atoms with Gasteiger partial charge >= 0.3 is 0 Å². The first kappa shape index (κ1) is 16.9. The van der Waals surface area contributed by atoms with Gasteiger partial charge in [-0.1, -0.05) is 29.8 Å². The lowest BCUT2D eigenvalue weighted by atomic mass is 10.1. The van der Waals surface area contributed by atoms with Crippen LogP contribution in [0.15, 0.2) is 34.2 Å². The van der Waals surface area contributed by atoms with Gasteiger partial charge in [-0.05, 0) is 32.3 Å². The van der Waals surface area contributed by atoms with E-state index in [0.29, 0.717) is 18.2 Å². The first-order valence-electron chi connectivity index (χ1n) is 8.70. The fraction of sp³-hybridized carbons (Fsp3) is 0.368. The van der Waals surface area contributed by atoms with Gasteiger partial charge in [0.1, 0.15) is 10.9 Å².